The van der Waals surface area contributed by atoms with Crippen LogP contribution in [0.15, 0.2) is 47.4 Å². The first-order chi connectivity index (χ1) is 13.0. The van der Waals surface area contributed by atoms with Gasteiger partial charge in [0.1, 0.15) is 25.6 Å². The van der Waals surface area contributed by atoms with Gasteiger partial charge in [-0.15, -0.1) is 0 Å². The van der Waals surface area contributed by atoms with E-state index in [0.717, 1.165) is 5.56 Å². The van der Waals surface area contributed by atoms with Crippen LogP contribution < -0.4 is 18.9 Å². The molecule has 0 saturated carbocycles. The molecule has 0 fully saturated rings. The summed E-state index contributed by atoms with van der Waals surface area (Å²) in [5.74, 6) is 1.89. The highest BCUT2D eigenvalue weighted by Crippen LogP contribution is 2.33. The molecule has 1 atom stereocenters. The average molecular weight is 393 g/mol. The van der Waals surface area contributed by atoms with Gasteiger partial charge in [0.05, 0.1) is 11.5 Å². The first-order valence-corrected chi connectivity index (χ1v) is 10.1. The lowest BCUT2D eigenvalue weighted by atomic mass is 10.1. The van der Waals surface area contributed by atoms with Crippen LogP contribution in [0, 0.1) is 0 Å². The van der Waals surface area contributed by atoms with Crippen molar-refractivity contribution in [3.63, 3.8) is 0 Å². The quantitative estimate of drug-likeness (QED) is 0.694. The lowest BCUT2D eigenvalue weighted by molar-refractivity contribution is 0.146. The first kappa shape index (κ1) is 19.5. The lowest BCUT2D eigenvalue weighted by Crippen LogP contribution is -2.27. The molecule has 7 nitrogen and oxygen atoms in total. The summed E-state index contributed by atoms with van der Waals surface area (Å²) in [6.07, 6.45) is 0. The Hall–Kier alpha value is -2.29. The van der Waals surface area contributed by atoms with Crippen molar-refractivity contribution in [3.8, 4) is 17.2 Å². The maximum atomic E-state index is 12.6. The monoisotopic (exact) mass is 393 g/mol. The SMILES string of the molecule is COCCOc1ccc(S(=O)(=O)NC(C)c2ccc3c(c2)OCCO3)cc1. The Balaban J connectivity index is 1.68. The topological polar surface area (TPSA) is 83.1 Å². The Labute approximate surface area is 159 Å². The summed E-state index contributed by atoms with van der Waals surface area (Å²) in [6.45, 7) is 3.65. The van der Waals surface area contributed by atoms with E-state index in [1.165, 1.54) is 12.1 Å². The van der Waals surface area contributed by atoms with Gasteiger partial charge in [-0.1, -0.05) is 6.07 Å². The number of ether oxygens (including phenoxy) is 4. The standard InChI is InChI=1S/C19H23NO6S/c1-14(15-3-8-18-19(13-15)26-12-11-25-18)20-27(21,22)17-6-4-16(5-7-17)24-10-9-23-2/h3-8,13-14,20H,9-12H2,1-2H3. The number of rotatable bonds is 8. The van der Waals surface area contributed by atoms with E-state index in [1.54, 1.807) is 38.3 Å². The van der Waals surface area contributed by atoms with Crippen molar-refractivity contribution < 1.29 is 27.4 Å². The second-order valence-electron chi connectivity index (χ2n) is 6.06. The fraction of sp³-hybridized carbons (Fsp3) is 0.368. The van der Waals surface area contributed by atoms with Gasteiger partial charge in [-0.05, 0) is 48.9 Å². The van der Waals surface area contributed by atoms with Crippen molar-refractivity contribution in [2.24, 2.45) is 0 Å². The van der Waals surface area contributed by atoms with Crippen LogP contribution in [0.3, 0.4) is 0 Å². The number of sulfonamides is 1. The van der Waals surface area contributed by atoms with Gasteiger partial charge in [0.25, 0.3) is 0 Å². The molecule has 27 heavy (non-hydrogen) atoms. The van der Waals surface area contributed by atoms with Gasteiger partial charge in [0.2, 0.25) is 10.0 Å². The van der Waals surface area contributed by atoms with E-state index in [0.29, 0.717) is 43.7 Å². The second-order valence-corrected chi connectivity index (χ2v) is 7.77. The Morgan fingerprint density at radius 2 is 1.74 bits per heavy atom. The van der Waals surface area contributed by atoms with Crippen molar-refractivity contribution >= 4 is 10.0 Å². The Morgan fingerprint density at radius 3 is 2.44 bits per heavy atom. The van der Waals surface area contributed by atoms with E-state index in [2.05, 4.69) is 4.72 Å². The lowest BCUT2D eigenvalue weighted by Gasteiger charge is -2.21. The van der Waals surface area contributed by atoms with Gasteiger partial charge >= 0.3 is 0 Å². The van der Waals surface area contributed by atoms with Crippen molar-refractivity contribution in [2.75, 3.05) is 33.5 Å². The highest BCUT2D eigenvalue weighted by atomic mass is 32.2. The summed E-state index contributed by atoms with van der Waals surface area (Å²) in [5, 5.41) is 0. The van der Waals surface area contributed by atoms with Crippen LogP contribution in [-0.2, 0) is 14.8 Å². The minimum atomic E-state index is -3.67. The van der Waals surface area contributed by atoms with Gasteiger partial charge in [-0.3, -0.25) is 0 Å². The van der Waals surface area contributed by atoms with Gasteiger partial charge in [-0.2, -0.15) is 0 Å². The summed E-state index contributed by atoms with van der Waals surface area (Å²) >= 11 is 0. The summed E-state index contributed by atoms with van der Waals surface area (Å²) in [6, 6.07) is 11.3. The largest absolute Gasteiger partial charge is 0.491 e. The molecule has 2 aromatic rings. The number of methoxy groups -OCH3 is 1. The molecule has 1 aliphatic rings. The summed E-state index contributed by atoms with van der Waals surface area (Å²) in [7, 11) is -2.08. The van der Waals surface area contributed by atoms with Crippen molar-refractivity contribution in [2.45, 2.75) is 17.9 Å². The molecular formula is C19H23NO6S. The van der Waals surface area contributed by atoms with Gasteiger partial charge in [0.15, 0.2) is 11.5 Å². The summed E-state index contributed by atoms with van der Waals surface area (Å²) < 4.78 is 49.4. The number of nitrogens with one attached hydrogen (secondary N) is 1. The van der Waals surface area contributed by atoms with Crippen LogP contribution in [0.2, 0.25) is 0 Å². The molecule has 0 aliphatic carbocycles. The Morgan fingerprint density at radius 1 is 1.04 bits per heavy atom. The second kappa shape index (κ2) is 8.60. The van der Waals surface area contributed by atoms with Gasteiger partial charge < -0.3 is 18.9 Å². The number of fused-ring (bicyclic) bond motifs is 1. The highest BCUT2D eigenvalue weighted by molar-refractivity contribution is 7.89. The zero-order valence-corrected chi connectivity index (χ0v) is 16.1. The van der Waals surface area contributed by atoms with Crippen molar-refractivity contribution in [3.05, 3.63) is 48.0 Å². The molecule has 0 radical (unpaired) electrons. The zero-order chi connectivity index (χ0) is 19.3. The molecule has 2 aromatic carbocycles. The average Bonchev–Trinajstić information content (AvgIpc) is 2.68. The Bertz CT molecular complexity index is 866. The summed E-state index contributed by atoms with van der Waals surface area (Å²) in [4.78, 5) is 0.172. The van der Waals surface area contributed by atoms with Crippen LogP contribution in [0.4, 0.5) is 0 Å². The maximum absolute atomic E-state index is 12.6. The molecule has 3 rings (SSSR count). The zero-order valence-electron chi connectivity index (χ0n) is 15.3. The van der Waals surface area contributed by atoms with Crippen LogP contribution >= 0.6 is 0 Å². The molecule has 146 valence electrons. The molecule has 0 spiro atoms. The minimum Gasteiger partial charge on any atom is -0.491 e. The van der Waals surface area contributed by atoms with Crippen LogP contribution in [-0.4, -0.2) is 42.0 Å². The third-order valence-corrected chi connectivity index (χ3v) is 5.65. The normalized spacial score (nSPS) is 14.6. The van der Waals surface area contributed by atoms with Crippen LogP contribution in [0.1, 0.15) is 18.5 Å². The highest BCUT2D eigenvalue weighted by Gasteiger charge is 2.20. The van der Waals surface area contributed by atoms with Crippen molar-refractivity contribution in [1.29, 1.82) is 0 Å². The third kappa shape index (κ3) is 4.91. The van der Waals surface area contributed by atoms with Gasteiger partial charge in [0, 0.05) is 13.2 Å². The molecule has 0 saturated heterocycles. The van der Waals surface area contributed by atoms with E-state index in [1.807, 2.05) is 6.07 Å². The predicted octanol–water partition coefficient (Wildman–Crippen LogP) is 2.52. The molecule has 0 aromatic heterocycles. The number of benzene rings is 2. The maximum Gasteiger partial charge on any atom is 0.241 e. The van der Waals surface area contributed by atoms with Crippen LogP contribution in [0.25, 0.3) is 0 Å². The Kier molecular flexibility index (Phi) is 6.20. The molecule has 1 N–H and O–H groups in total. The van der Waals surface area contributed by atoms with Gasteiger partial charge in [-0.25, -0.2) is 13.1 Å². The molecule has 8 heteroatoms. The molecule has 1 aliphatic heterocycles. The van der Waals surface area contributed by atoms with E-state index >= 15 is 0 Å². The molecular weight excluding hydrogens is 370 g/mol. The summed E-state index contributed by atoms with van der Waals surface area (Å²) in [5.41, 5.74) is 0.794. The van der Waals surface area contributed by atoms with E-state index < -0.39 is 16.1 Å². The first-order valence-electron chi connectivity index (χ1n) is 8.63. The fourth-order valence-electron chi connectivity index (χ4n) is 2.66. The molecule has 0 amide bonds. The predicted molar refractivity (Wildman–Crippen MR) is 100.0 cm³/mol. The molecule has 1 heterocycles. The van der Waals surface area contributed by atoms with E-state index in [9.17, 15) is 8.42 Å². The smallest absolute Gasteiger partial charge is 0.241 e. The molecule has 0 bridgehead atoms. The third-order valence-electron chi connectivity index (χ3n) is 4.09. The molecule has 1 unspecified atom stereocenters. The minimum absolute atomic E-state index is 0.172. The van der Waals surface area contributed by atoms with E-state index in [4.69, 9.17) is 18.9 Å². The number of hydrogen-bond acceptors (Lipinski definition) is 6. The fourth-order valence-corrected chi connectivity index (χ4v) is 3.89. The van der Waals surface area contributed by atoms with Crippen molar-refractivity contribution in [1.82, 2.24) is 4.72 Å². The van der Waals surface area contributed by atoms with Crippen LogP contribution in [0.5, 0.6) is 17.2 Å². The van der Waals surface area contributed by atoms with E-state index in [-0.39, 0.29) is 4.90 Å². The number of hydrogen-bond donors (Lipinski definition) is 1.